The molecular weight excluding hydrogens is 557 g/mol. The lowest BCUT2D eigenvalue weighted by Gasteiger charge is -2.29. The first-order valence-electron chi connectivity index (χ1n) is 12.7. The molecule has 1 saturated carbocycles. The molecule has 0 spiro atoms. The van der Waals surface area contributed by atoms with Crippen molar-refractivity contribution in [3.63, 3.8) is 0 Å². The van der Waals surface area contributed by atoms with Crippen LogP contribution < -0.4 is 10.0 Å². The van der Waals surface area contributed by atoms with Crippen LogP contribution in [0.4, 0.5) is 10.1 Å². The summed E-state index contributed by atoms with van der Waals surface area (Å²) in [4.78, 5) is 23.5. The van der Waals surface area contributed by atoms with E-state index in [1.54, 1.807) is 36.4 Å². The highest BCUT2D eigenvalue weighted by Gasteiger charge is 2.30. The van der Waals surface area contributed by atoms with Gasteiger partial charge in [-0.2, -0.15) is 0 Å². The van der Waals surface area contributed by atoms with Gasteiger partial charge in [0.05, 0.1) is 20.9 Å². The third-order valence-electron chi connectivity index (χ3n) is 6.83. The Morgan fingerprint density at radius 3 is 2.33 bits per heavy atom. The largest absolute Gasteiger partial charge is 0.349 e. The van der Waals surface area contributed by atoms with Gasteiger partial charge in [0.25, 0.3) is 5.69 Å². The van der Waals surface area contributed by atoms with Crippen LogP contribution >= 0.6 is 11.6 Å². The van der Waals surface area contributed by atoms with Gasteiger partial charge in [0.2, 0.25) is 15.9 Å². The molecule has 2 N–H and O–H groups in total. The number of halogens is 2. The van der Waals surface area contributed by atoms with Crippen LogP contribution in [0.15, 0.2) is 71.6 Å². The number of nitrogens with one attached hydrogen (secondary N) is 2. The zero-order valence-electron chi connectivity index (χ0n) is 21.6. The molecule has 3 aromatic carbocycles. The molecule has 1 aliphatic carbocycles. The minimum absolute atomic E-state index is 0.0604. The van der Waals surface area contributed by atoms with Crippen LogP contribution in [0.2, 0.25) is 5.02 Å². The fourth-order valence-electron chi connectivity index (χ4n) is 4.56. The number of nitro groups is 1. The zero-order valence-corrected chi connectivity index (χ0v) is 23.1. The summed E-state index contributed by atoms with van der Waals surface area (Å²) in [5.41, 5.74) is 0.903. The van der Waals surface area contributed by atoms with Crippen LogP contribution in [-0.4, -0.2) is 25.3 Å². The van der Waals surface area contributed by atoms with E-state index >= 15 is 0 Å². The highest BCUT2D eigenvalue weighted by atomic mass is 35.5. The van der Waals surface area contributed by atoms with Gasteiger partial charge < -0.3 is 5.32 Å². The van der Waals surface area contributed by atoms with E-state index in [0.717, 1.165) is 11.6 Å². The van der Waals surface area contributed by atoms with Crippen molar-refractivity contribution < 1.29 is 22.5 Å². The van der Waals surface area contributed by atoms with Crippen molar-refractivity contribution in [1.82, 2.24) is 10.0 Å². The summed E-state index contributed by atoms with van der Waals surface area (Å²) < 4.78 is 41.9. The molecule has 0 unspecified atom stereocenters. The first-order chi connectivity index (χ1) is 19.0. The maximum Gasteiger partial charge on any atom is 0.286 e. The number of nitro benzene ring substituents is 1. The molecule has 208 valence electrons. The molecule has 0 radical (unpaired) electrons. The highest BCUT2D eigenvalue weighted by Crippen LogP contribution is 2.28. The number of nitrogens with zero attached hydrogens (tertiary/aromatic N) is 1. The maximum absolute atomic E-state index is 13.2. The van der Waals surface area contributed by atoms with Crippen LogP contribution in [-0.2, 0) is 14.8 Å². The number of rotatable bonds is 7. The van der Waals surface area contributed by atoms with Crippen molar-refractivity contribution in [2.24, 2.45) is 5.92 Å². The molecule has 1 fully saturated rings. The van der Waals surface area contributed by atoms with E-state index in [9.17, 15) is 27.7 Å². The van der Waals surface area contributed by atoms with Crippen molar-refractivity contribution in [2.75, 3.05) is 0 Å². The van der Waals surface area contributed by atoms with Gasteiger partial charge in [0, 0.05) is 23.6 Å². The summed E-state index contributed by atoms with van der Waals surface area (Å²) in [5.74, 6) is 4.73. The van der Waals surface area contributed by atoms with Crippen LogP contribution in [0, 0.1) is 33.7 Å². The molecule has 1 atom stereocenters. The van der Waals surface area contributed by atoms with E-state index in [1.807, 2.05) is 6.92 Å². The third-order valence-corrected chi connectivity index (χ3v) is 8.68. The molecule has 3 aromatic rings. The Morgan fingerprint density at radius 1 is 1.02 bits per heavy atom. The standard InChI is InChI=1S/C29H27ClFN3O5S/c1-19(20-8-13-24(31)14-9-20)32-29(35)23-10-15-25(16-11-23)33-40(38,39)26-17-12-22(28(18-26)34(36)37)7-6-21-4-2-3-5-27(21)30/h2-5,8-9,12-14,17-19,23,25,33H,10-11,15-16H2,1H3,(H,32,35)/t19-,23-,25-/m1/s1. The van der Waals surface area contributed by atoms with Gasteiger partial charge >= 0.3 is 0 Å². The van der Waals surface area contributed by atoms with Gasteiger partial charge in [-0.3, -0.25) is 14.9 Å². The Kier molecular flexibility index (Phi) is 9.20. The second-order valence-corrected chi connectivity index (χ2v) is 11.7. The molecule has 0 bridgehead atoms. The van der Waals surface area contributed by atoms with E-state index in [0.29, 0.717) is 36.3 Å². The number of benzene rings is 3. The minimum atomic E-state index is -4.06. The molecule has 11 heteroatoms. The van der Waals surface area contributed by atoms with Crippen molar-refractivity contribution in [3.05, 3.63) is 104 Å². The predicted octanol–water partition coefficient (Wildman–Crippen LogP) is 5.50. The van der Waals surface area contributed by atoms with Crippen LogP contribution in [0.5, 0.6) is 0 Å². The fraction of sp³-hybridized carbons (Fsp3) is 0.276. The Balaban J connectivity index is 1.38. The summed E-state index contributed by atoms with van der Waals surface area (Å²) in [5, 5.41) is 15.0. The molecule has 0 aromatic heterocycles. The Morgan fingerprint density at radius 2 is 1.68 bits per heavy atom. The third kappa shape index (κ3) is 7.24. The second kappa shape index (κ2) is 12.6. The summed E-state index contributed by atoms with van der Waals surface area (Å²) in [6.45, 7) is 1.82. The Bertz CT molecular complexity index is 1580. The molecule has 0 aliphatic heterocycles. The van der Waals surface area contributed by atoms with Gasteiger partial charge in [0.15, 0.2) is 0 Å². The minimum Gasteiger partial charge on any atom is -0.349 e. The van der Waals surface area contributed by atoms with Crippen molar-refractivity contribution >= 4 is 33.2 Å². The van der Waals surface area contributed by atoms with Crippen molar-refractivity contribution in [2.45, 2.75) is 49.6 Å². The lowest BCUT2D eigenvalue weighted by Crippen LogP contribution is -2.41. The average molecular weight is 584 g/mol. The second-order valence-electron chi connectivity index (χ2n) is 9.62. The van der Waals surface area contributed by atoms with Crippen LogP contribution in [0.25, 0.3) is 0 Å². The molecule has 0 saturated heterocycles. The smallest absolute Gasteiger partial charge is 0.286 e. The van der Waals surface area contributed by atoms with Gasteiger partial charge in [-0.05, 0) is 74.6 Å². The van der Waals surface area contributed by atoms with Crippen LogP contribution in [0.1, 0.15) is 55.3 Å². The number of carbonyl (C=O) groups excluding carboxylic acids is 1. The number of carbonyl (C=O) groups is 1. The van der Waals surface area contributed by atoms with E-state index in [4.69, 9.17) is 11.6 Å². The number of hydrogen-bond donors (Lipinski definition) is 2. The lowest BCUT2D eigenvalue weighted by molar-refractivity contribution is -0.385. The van der Waals surface area contributed by atoms with Gasteiger partial charge in [-0.15, -0.1) is 0 Å². The maximum atomic E-state index is 13.2. The SMILES string of the molecule is C[C@@H](NC(=O)[C@H]1CC[C@H](NS(=O)(=O)c2ccc(C#Cc3ccccc3Cl)c([N+](=O)[O-])c2)CC1)c1ccc(F)cc1. The summed E-state index contributed by atoms with van der Waals surface area (Å²) in [7, 11) is -4.06. The highest BCUT2D eigenvalue weighted by molar-refractivity contribution is 7.89. The Labute approximate surface area is 237 Å². The molecule has 40 heavy (non-hydrogen) atoms. The lowest BCUT2D eigenvalue weighted by atomic mass is 9.85. The molecule has 0 heterocycles. The van der Waals surface area contributed by atoms with Gasteiger partial charge in [-0.1, -0.05) is 47.7 Å². The molecule has 4 rings (SSSR count). The van der Waals surface area contributed by atoms with E-state index in [-0.39, 0.29) is 34.1 Å². The predicted molar refractivity (Wildman–Crippen MR) is 150 cm³/mol. The summed E-state index contributed by atoms with van der Waals surface area (Å²) in [6, 6.07) is 15.6. The number of amides is 1. The summed E-state index contributed by atoms with van der Waals surface area (Å²) >= 11 is 6.09. The molecule has 8 nitrogen and oxygen atoms in total. The van der Waals surface area contributed by atoms with Gasteiger partial charge in [-0.25, -0.2) is 17.5 Å². The van der Waals surface area contributed by atoms with Gasteiger partial charge in [0.1, 0.15) is 11.4 Å². The topological polar surface area (TPSA) is 118 Å². The molecular formula is C29H27ClFN3O5S. The van der Waals surface area contributed by atoms with Crippen molar-refractivity contribution in [3.8, 4) is 11.8 Å². The van der Waals surface area contributed by atoms with E-state index < -0.39 is 26.7 Å². The fourth-order valence-corrected chi connectivity index (χ4v) is 6.07. The van der Waals surface area contributed by atoms with Crippen molar-refractivity contribution in [1.29, 1.82) is 0 Å². The zero-order chi connectivity index (χ0) is 28.9. The van der Waals surface area contributed by atoms with E-state index in [1.165, 1.54) is 24.3 Å². The monoisotopic (exact) mass is 583 g/mol. The molecule has 1 amide bonds. The van der Waals surface area contributed by atoms with E-state index in [2.05, 4.69) is 21.9 Å². The number of sulfonamides is 1. The molecule has 1 aliphatic rings. The quantitative estimate of drug-likeness (QED) is 0.216. The Hall–Kier alpha value is -3.78. The first kappa shape index (κ1) is 29.2. The summed E-state index contributed by atoms with van der Waals surface area (Å²) in [6.07, 6.45) is 1.83. The average Bonchev–Trinajstić information content (AvgIpc) is 2.93. The number of hydrogen-bond acceptors (Lipinski definition) is 5. The normalized spacial score (nSPS) is 17.8. The van der Waals surface area contributed by atoms with Crippen LogP contribution in [0.3, 0.4) is 0 Å². The first-order valence-corrected chi connectivity index (χ1v) is 14.5.